The number of halogens is 2. The van der Waals surface area contributed by atoms with Crippen molar-refractivity contribution in [3.63, 3.8) is 0 Å². The summed E-state index contributed by atoms with van der Waals surface area (Å²) in [7, 11) is 0. The number of benzene rings is 1. The highest BCUT2D eigenvalue weighted by Crippen LogP contribution is 2.41. The zero-order valence-electron chi connectivity index (χ0n) is 20.4. The van der Waals surface area contributed by atoms with Gasteiger partial charge < -0.3 is 10.2 Å². The standard InChI is InChI=1S/C27H38F2N4O/c1-19(2)31-11-13-32(14-12-31)24-9-6-10-27(28,29)25(24)30-26(34)33-17-22-15-21(16-23(22)18-33)20-7-4-3-5-8-20/h3-5,7-8,15,19,22-25H,6,9-14,16-18H2,1-2H3,(H,30,34)/t22-,23+,24+,25-/m1/s1. The van der Waals surface area contributed by atoms with Gasteiger partial charge in [-0.05, 0) is 56.1 Å². The quantitative estimate of drug-likeness (QED) is 0.710. The van der Waals surface area contributed by atoms with Crippen LogP contribution in [-0.4, -0.2) is 84.0 Å². The van der Waals surface area contributed by atoms with Crippen molar-refractivity contribution in [1.29, 1.82) is 0 Å². The number of fused-ring (bicyclic) bond motifs is 1. The summed E-state index contributed by atoms with van der Waals surface area (Å²) in [4.78, 5) is 19.6. The van der Waals surface area contributed by atoms with E-state index in [1.54, 1.807) is 4.90 Å². The summed E-state index contributed by atoms with van der Waals surface area (Å²) in [6.45, 7) is 8.96. The van der Waals surface area contributed by atoms with E-state index in [1.165, 1.54) is 11.1 Å². The van der Waals surface area contributed by atoms with Crippen LogP contribution in [0.1, 0.15) is 45.1 Å². The number of hydrogen-bond acceptors (Lipinski definition) is 3. The van der Waals surface area contributed by atoms with Crippen LogP contribution in [0.5, 0.6) is 0 Å². The van der Waals surface area contributed by atoms with Crippen molar-refractivity contribution >= 4 is 11.6 Å². The molecular weight excluding hydrogens is 434 g/mol. The maximum absolute atomic E-state index is 15.1. The Bertz CT molecular complexity index is 897. The number of hydrogen-bond donors (Lipinski definition) is 1. The highest BCUT2D eigenvalue weighted by Gasteiger charge is 2.51. The van der Waals surface area contributed by atoms with Crippen LogP contribution in [0.3, 0.4) is 0 Å². The Balaban J connectivity index is 1.23. The van der Waals surface area contributed by atoms with Gasteiger partial charge in [0.1, 0.15) is 6.04 Å². The van der Waals surface area contributed by atoms with E-state index in [0.717, 1.165) is 39.0 Å². The van der Waals surface area contributed by atoms with Crippen LogP contribution in [0.4, 0.5) is 13.6 Å². The van der Waals surface area contributed by atoms with Gasteiger partial charge in [-0.25, -0.2) is 13.6 Å². The molecule has 2 heterocycles. The van der Waals surface area contributed by atoms with Gasteiger partial charge in [-0.15, -0.1) is 0 Å². The van der Waals surface area contributed by atoms with Crippen molar-refractivity contribution in [2.24, 2.45) is 11.8 Å². The summed E-state index contributed by atoms with van der Waals surface area (Å²) in [5, 5.41) is 2.83. The average Bonchev–Trinajstić information content (AvgIpc) is 3.40. The van der Waals surface area contributed by atoms with Crippen LogP contribution >= 0.6 is 0 Å². The van der Waals surface area contributed by atoms with Gasteiger partial charge in [0.25, 0.3) is 5.92 Å². The number of piperazine rings is 1. The molecule has 7 heteroatoms. The number of likely N-dealkylation sites (tertiary alicyclic amines) is 1. The van der Waals surface area contributed by atoms with Crippen LogP contribution in [0.25, 0.3) is 5.57 Å². The van der Waals surface area contributed by atoms with Crippen LogP contribution in [0, 0.1) is 11.8 Å². The predicted octanol–water partition coefficient (Wildman–Crippen LogP) is 4.31. The van der Waals surface area contributed by atoms with E-state index in [2.05, 4.69) is 47.2 Å². The first-order valence-corrected chi connectivity index (χ1v) is 13.0. The molecule has 0 spiro atoms. The fourth-order valence-electron chi connectivity index (χ4n) is 6.50. The van der Waals surface area contributed by atoms with Gasteiger partial charge in [0.15, 0.2) is 0 Å². The Morgan fingerprint density at radius 2 is 1.82 bits per heavy atom. The molecular formula is C27H38F2N4O. The Hall–Kier alpha value is -1.99. The Kier molecular flexibility index (Phi) is 6.68. The second-order valence-electron chi connectivity index (χ2n) is 10.9. The fourth-order valence-corrected chi connectivity index (χ4v) is 6.50. The third-order valence-corrected chi connectivity index (χ3v) is 8.50. The average molecular weight is 473 g/mol. The summed E-state index contributed by atoms with van der Waals surface area (Å²) in [5.41, 5.74) is 2.59. The van der Waals surface area contributed by atoms with Crippen molar-refractivity contribution < 1.29 is 13.6 Å². The summed E-state index contributed by atoms with van der Waals surface area (Å²) >= 11 is 0. The van der Waals surface area contributed by atoms with E-state index in [9.17, 15) is 4.79 Å². The van der Waals surface area contributed by atoms with Gasteiger partial charge in [-0.2, -0.15) is 0 Å². The van der Waals surface area contributed by atoms with Crippen molar-refractivity contribution in [3.05, 3.63) is 42.0 Å². The summed E-state index contributed by atoms with van der Waals surface area (Å²) in [6, 6.07) is 9.11. The molecule has 4 atom stereocenters. The lowest BCUT2D eigenvalue weighted by molar-refractivity contribution is -0.0971. The zero-order valence-corrected chi connectivity index (χ0v) is 20.4. The first kappa shape index (κ1) is 23.7. The Labute approximate surface area is 202 Å². The molecule has 0 radical (unpaired) electrons. The lowest BCUT2D eigenvalue weighted by atomic mass is 9.85. The van der Waals surface area contributed by atoms with Crippen molar-refractivity contribution in [2.45, 2.75) is 63.6 Å². The molecule has 1 N–H and O–H groups in total. The van der Waals surface area contributed by atoms with Gasteiger partial charge in [0.2, 0.25) is 0 Å². The van der Waals surface area contributed by atoms with Gasteiger partial charge in [-0.1, -0.05) is 36.4 Å². The maximum Gasteiger partial charge on any atom is 0.317 e. The number of alkyl halides is 2. The molecule has 0 unspecified atom stereocenters. The van der Waals surface area contributed by atoms with Gasteiger partial charge in [-0.3, -0.25) is 9.80 Å². The molecule has 2 aliphatic heterocycles. The predicted molar refractivity (Wildman–Crippen MR) is 131 cm³/mol. The molecule has 2 aliphatic carbocycles. The Morgan fingerprint density at radius 3 is 2.50 bits per heavy atom. The molecule has 2 amide bonds. The normalized spacial score (nSPS) is 32.0. The minimum Gasteiger partial charge on any atom is -0.328 e. The summed E-state index contributed by atoms with van der Waals surface area (Å²) < 4.78 is 30.2. The smallest absolute Gasteiger partial charge is 0.317 e. The molecule has 5 nitrogen and oxygen atoms in total. The third kappa shape index (κ3) is 4.74. The molecule has 1 aromatic carbocycles. The van der Waals surface area contributed by atoms with E-state index >= 15 is 8.78 Å². The minimum absolute atomic E-state index is 0.144. The molecule has 34 heavy (non-hydrogen) atoms. The molecule has 1 saturated carbocycles. The van der Waals surface area contributed by atoms with E-state index in [-0.39, 0.29) is 18.5 Å². The van der Waals surface area contributed by atoms with Crippen LogP contribution in [0.15, 0.2) is 36.4 Å². The monoisotopic (exact) mass is 472 g/mol. The van der Waals surface area contributed by atoms with Crippen LogP contribution in [0.2, 0.25) is 0 Å². The number of nitrogens with zero attached hydrogens (tertiary/aromatic N) is 3. The molecule has 1 aromatic rings. The van der Waals surface area contributed by atoms with Gasteiger partial charge in [0, 0.05) is 57.8 Å². The second-order valence-corrected chi connectivity index (χ2v) is 10.9. The van der Waals surface area contributed by atoms with Crippen LogP contribution in [-0.2, 0) is 0 Å². The van der Waals surface area contributed by atoms with E-state index in [1.807, 2.05) is 18.2 Å². The van der Waals surface area contributed by atoms with Crippen molar-refractivity contribution in [2.75, 3.05) is 39.3 Å². The van der Waals surface area contributed by atoms with Crippen molar-refractivity contribution in [1.82, 2.24) is 20.0 Å². The first-order valence-electron chi connectivity index (χ1n) is 13.0. The number of carbonyl (C=O) groups excluding carboxylic acids is 1. The molecule has 186 valence electrons. The topological polar surface area (TPSA) is 38.8 Å². The van der Waals surface area contributed by atoms with E-state index in [0.29, 0.717) is 37.4 Å². The molecule has 3 fully saturated rings. The minimum atomic E-state index is -2.87. The molecule has 4 aliphatic rings. The van der Waals surface area contributed by atoms with Gasteiger partial charge >= 0.3 is 6.03 Å². The molecule has 0 aromatic heterocycles. The lowest BCUT2D eigenvalue weighted by Gasteiger charge is -2.47. The van der Waals surface area contributed by atoms with Crippen LogP contribution < -0.4 is 5.32 Å². The highest BCUT2D eigenvalue weighted by atomic mass is 19.3. The maximum atomic E-state index is 15.1. The number of carbonyl (C=O) groups is 1. The lowest BCUT2D eigenvalue weighted by Crippen LogP contribution is -2.65. The fraction of sp³-hybridized carbons (Fsp3) is 0.667. The summed E-state index contributed by atoms with van der Waals surface area (Å²) in [5.74, 6) is -2.18. The number of nitrogens with one attached hydrogen (secondary N) is 1. The first-order chi connectivity index (χ1) is 16.3. The summed E-state index contributed by atoms with van der Waals surface area (Å²) in [6.07, 6.45) is 4.32. The number of rotatable bonds is 4. The third-order valence-electron chi connectivity index (χ3n) is 8.50. The van der Waals surface area contributed by atoms with Crippen molar-refractivity contribution in [3.8, 4) is 0 Å². The molecule has 2 saturated heterocycles. The second kappa shape index (κ2) is 9.57. The SMILES string of the molecule is CC(C)N1CCN([C@H]2CCCC(F)(F)[C@@H]2NC(=O)N2C[C@@H]3CC(c4ccccc4)=C[C@@H]3C2)CC1. The van der Waals surface area contributed by atoms with Gasteiger partial charge in [0.05, 0.1) is 0 Å². The number of amides is 2. The van der Waals surface area contributed by atoms with E-state index in [4.69, 9.17) is 0 Å². The largest absolute Gasteiger partial charge is 0.328 e. The molecule has 0 bridgehead atoms. The highest BCUT2D eigenvalue weighted by molar-refractivity contribution is 5.76. The van der Waals surface area contributed by atoms with E-state index < -0.39 is 12.0 Å². The Morgan fingerprint density at radius 1 is 1.09 bits per heavy atom. The number of urea groups is 1. The molecule has 5 rings (SSSR count). The number of allylic oxidation sites excluding steroid dienone is 1. The zero-order chi connectivity index (χ0) is 23.9.